The van der Waals surface area contributed by atoms with Crippen LogP contribution in [-0.2, 0) is 28.4 Å². The van der Waals surface area contributed by atoms with Crippen molar-refractivity contribution in [1.82, 2.24) is 79.7 Å². The first-order chi connectivity index (χ1) is 44.1. The molecule has 0 aromatic carbocycles. The summed E-state index contributed by atoms with van der Waals surface area (Å²) in [6, 6.07) is 0. The monoisotopic (exact) mass is 1300 g/mol. The van der Waals surface area contributed by atoms with Crippen LogP contribution >= 0.6 is 23.5 Å². The molecule has 2 aliphatic heterocycles. The molecule has 92 heavy (non-hydrogen) atoms. The lowest BCUT2D eigenvalue weighted by Crippen LogP contribution is -2.19. The number of esters is 6. The number of hydrogen-bond acceptors (Lipinski definition) is 28. The zero-order valence-corrected chi connectivity index (χ0v) is 55.3. The summed E-state index contributed by atoms with van der Waals surface area (Å²) in [5, 5.41) is 1.08. The Morgan fingerprint density at radius 1 is 0.304 bits per heavy atom. The van der Waals surface area contributed by atoms with Crippen LogP contribution < -0.4 is 0 Å². The highest BCUT2D eigenvalue weighted by Gasteiger charge is 2.36. The zero-order valence-electron chi connectivity index (χ0n) is 53.7. The second-order valence-electron chi connectivity index (χ2n) is 23.4. The predicted octanol–water partition coefficient (Wildman–Crippen LogP) is 11.6. The van der Waals surface area contributed by atoms with Gasteiger partial charge in [0.1, 0.15) is 54.9 Å². The van der Waals surface area contributed by atoms with Crippen molar-refractivity contribution in [3.63, 3.8) is 0 Å². The minimum Gasteiger partial charge on any atom is -0.461 e. The molecule has 0 amide bonds. The predicted molar refractivity (Wildman–Crippen MR) is 341 cm³/mol. The van der Waals surface area contributed by atoms with Crippen LogP contribution in [0.1, 0.15) is 223 Å². The average molecular weight is 1300 g/mol. The summed E-state index contributed by atoms with van der Waals surface area (Å²) in [4.78, 5) is 160. The van der Waals surface area contributed by atoms with Crippen molar-refractivity contribution in [3.8, 4) is 46.1 Å². The van der Waals surface area contributed by atoms with E-state index in [9.17, 15) is 28.8 Å². The van der Waals surface area contributed by atoms with Gasteiger partial charge in [0.2, 0.25) is 0 Å². The summed E-state index contributed by atoms with van der Waals surface area (Å²) in [5.74, 6) is -6.69. The van der Waals surface area contributed by atoms with E-state index in [-0.39, 0.29) is 140 Å². The maximum atomic E-state index is 14.2. The smallest absolute Gasteiger partial charge is 0.359 e. The number of thioether (sulfide) groups is 2. The Labute approximate surface area is 538 Å². The number of rotatable bonds is 26. The largest absolute Gasteiger partial charge is 0.461 e. The van der Waals surface area contributed by atoms with E-state index < -0.39 is 70.0 Å². The van der Waals surface area contributed by atoms with E-state index in [1.54, 1.807) is 0 Å². The summed E-state index contributed by atoms with van der Waals surface area (Å²) >= 11 is 2.93. The highest BCUT2D eigenvalue weighted by molar-refractivity contribution is 8.03. The summed E-state index contributed by atoms with van der Waals surface area (Å²) in [6.45, 7) is 23.7. The van der Waals surface area contributed by atoms with Crippen LogP contribution in [0.4, 0.5) is 0 Å². The third kappa shape index (κ3) is 15.6. The van der Waals surface area contributed by atoms with Crippen LogP contribution in [0.5, 0.6) is 0 Å². The first-order valence-corrected chi connectivity index (χ1v) is 32.6. The van der Waals surface area contributed by atoms with E-state index in [0.29, 0.717) is 87.1 Å². The Balaban J connectivity index is 1.48. The molecule has 30 heteroatoms. The van der Waals surface area contributed by atoms with Crippen molar-refractivity contribution >= 4 is 104 Å². The molecule has 0 spiro atoms. The van der Waals surface area contributed by atoms with E-state index in [0.717, 1.165) is 0 Å². The second-order valence-corrected chi connectivity index (χ2v) is 27.0. The number of fused-ring (bicyclic) bond motifs is 20. The summed E-state index contributed by atoms with van der Waals surface area (Å²) in [7, 11) is 0. The van der Waals surface area contributed by atoms with E-state index in [1.807, 2.05) is 83.1 Å². The molecule has 28 nitrogen and oxygen atoms in total. The number of H-pyrrole nitrogens is 2. The van der Waals surface area contributed by atoms with Gasteiger partial charge in [0.15, 0.2) is 80.0 Å². The fraction of sp³-hybridized carbons (Fsp3) is 0.516. The zero-order chi connectivity index (χ0) is 66.0. The number of nitrogens with one attached hydrogen (secondary N) is 2. The highest BCUT2D eigenvalue weighted by atomic mass is 32.2. The minimum atomic E-state index is -1.01. The average Bonchev–Trinajstić information content (AvgIpc) is 1.58. The molecular weight excluding hydrogens is 1220 g/mol. The van der Waals surface area contributed by atoms with Gasteiger partial charge in [-0.25, -0.2) is 98.5 Å². The Morgan fingerprint density at radius 3 is 0.717 bits per heavy atom. The quantitative estimate of drug-likeness (QED) is 0.0220. The van der Waals surface area contributed by atoms with Crippen LogP contribution in [0.15, 0.2) is 10.1 Å². The van der Waals surface area contributed by atoms with Crippen molar-refractivity contribution in [1.29, 1.82) is 0 Å². The van der Waals surface area contributed by atoms with E-state index in [2.05, 4.69) is 9.97 Å². The molecule has 9 rings (SSSR count). The lowest BCUT2D eigenvalue weighted by molar-refractivity contribution is 0.0441. The molecule has 0 saturated carbocycles. The maximum absolute atomic E-state index is 14.2. The van der Waals surface area contributed by atoms with Crippen LogP contribution in [0.25, 0.3) is 90.7 Å². The third-order valence-corrected chi connectivity index (χ3v) is 15.7. The van der Waals surface area contributed by atoms with Crippen LogP contribution in [-0.4, -0.2) is 165 Å². The number of aromatic nitrogens is 16. The molecular formula is C62H74N16O12S2. The number of carbonyl (C=O) groups excluding carboxylic acids is 6. The molecule has 0 atom stereocenters. The normalized spacial score (nSPS) is 12.0. The van der Waals surface area contributed by atoms with E-state index >= 15 is 0 Å². The standard InChI is InChI=1S/C62H74N16O12S2/c1-13-19-25-85-55(79)39-40(56(80)86-26-20-14-2)64-32-31(63-39)45-71-46(32)73-48-34-36(68-44(60(84)90-30-24-18-6)42(66-34)58(82)88-28-22-16-4)50(75-48)77-52-38-37(69-53(91-61(7,8)9)54(70-38)92-62(10,11)12)51(78-52)76-49-35-33(47(72-45)74-49)65-41(57(81)87-27-21-15-3)43(67-35)59(83)89-29-23-17-5/h13-30H2,1-12H3,(H2,71,72,73,74,75,76,77,78). The molecule has 8 bridgehead atoms. The summed E-state index contributed by atoms with van der Waals surface area (Å²) in [5.41, 5.74) is -4.30. The number of aromatic amines is 2. The van der Waals surface area contributed by atoms with Crippen LogP contribution in [0.3, 0.4) is 0 Å². The first kappa shape index (κ1) is 67.6. The summed E-state index contributed by atoms with van der Waals surface area (Å²) in [6.07, 6.45) is 7.08. The SMILES string of the molecule is CCCCOC(=O)c1nc2c(nc1C(=O)OCCCC)-c1nc-2nc2[nH]c(nc3nc(nc4[nH]c(n1)c1nc(C(=O)OCCCC)c(C(=O)OCCCC)nc41)-c1nc(SC(C)(C)C)c(SC(C)(C)C)nc1-3)c1nc(C(=O)OCCCC)c(C(=O)OCCCC)nc21. The molecule has 7 aromatic heterocycles. The van der Waals surface area contributed by atoms with Crippen LogP contribution in [0.2, 0.25) is 0 Å². The van der Waals surface area contributed by atoms with Gasteiger partial charge in [-0.3, -0.25) is 0 Å². The molecule has 2 N–H and O–H groups in total. The number of unbranched alkanes of at least 4 members (excludes halogenated alkanes) is 6. The molecule has 0 unspecified atom stereocenters. The Hall–Kier alpha value is -8.80. The van der Waals surface area contributed by atoms with Gasteiger partial charge in [-0.05, 0) is 38.5 Å². The Bertz CT molecular complexity index is 3930. The van der Waals surface area contributed by atoms with Gasteiger partial charge < -0.3 is 38.4 Å². The fourth-order valence-corrected chi connectivity index (χ4v) is 10.7. The molecule has 0 saturated heterocycles. The third-order valence-electron chi connectivity index (χ3n) is 13.4. The Kier molecular flexibility index (Phi) is 21.8. The molecule has 9 heterocycles. The molecule has 486 valence electrons. The fourth-order valence-electron chi connectivity index (χ4n) is 8.76. The van der Waals surface area contributed by atoms with Gasteiger partial charge >= 0.3 is 35.8 Å². The summed E-state index contributed by atoms with van der Waals surface area (Å²) < 4.78 is 33.1. The van der Waals surface area contributed by atoms with Gasteiger partial charge in [0, 0.05) is 9.49 Å². The molecule has 7 aromatic rings. The van der Waals surface area contributed by atoms with E-state index in [1.165, 1.54) is 23.5 Å². The lowest BCUT2D eigenvalue weighted by Gasteiger charge is -2.22. The lowest BCUT2D eigenvalue weighted by atomic mass is 10.2. The van der Waals surface area contributed by atoms with Crippen molar-refractivity contribution < 1.29 is 57.2 Å². The number of ether oxygens (including phenoxy) is 6. The van der Waals surface area contributed by atoms with Crippen molar-refractivity contribution in [2.75, 3.05) is 39.6 Å². The van der Waals surface area contributed by atoms with Gasteiger partial charge in [-0.15, -0.1) is 0 Å². The molecule has 2 aliphatic rings. The number of nitrogens with zero attached hydrogens (tertiary/aromatic N) is 14. The van der Waals surface area contributed by atoms with E-state index in [4.69, 9.17) is 98.2 Å². The first-order valence-electron chi connectivity index (χ1n) is 31.0. The van der Waals surface area contributed by atoms with Crippen molar-refractivity contribution in [2.24, 2.45) is 0 Å². The number of hydrogen-bond donors (Lipinski definition) is 2. The van der Waals surface area contributed by atoms with Gasteiger partial charge in [-0.2, -0.15) is 0 Å². The minimum absolute atomic E-state index is 0.000268. The van der Waals surface area contributed by atoms with Crippen molar-refractivity contribution in [2.45, 2.75) is 180 Å². The second kappa shape index (κ2) is 29.7. The van der Waals surface area contributed by atoms with Gasteiger partial charge in [-0.1, -0.05) is 145 Å². The molecule has 0 aliphatic carbocycles. The maximum Gasteiger partial charge on any atom is 0.359 e. The van der Waals surface area contributed by atoms with Crippen LogP contribution in [0, 0.1) is 0 Å². The van der Waals surface area contributed by atoms with Gasteiger partial charge in [0.25, 0.3) is 0 Å². The number of carbonyl (C=O) groups is 6. The molecule has 0 radical (unpaired) electrons. The topological polar surface area (TPSA) is 370 Å². The molecule has 0 fully saturated rings. The Morgan fingerprint density at radius 2 is 0.511 bits per heavy atom. The van der Waals surface area contributed by atoms with Gasteiger partial charge in [0.05, 0.1) is 39.6 Å². The van der Waals surface area contributed by atoms with Crippen molar-refractivity contribution in [3.05, 3.63) is 34.2 Å². The highest BCUT2D eigenvalue weighted by Crippen LogP contribution is 2.44.